The average Bonchev–Trinajstić information content (AvgIpc) is 3.38. The highest BCUT2D eigenvalue weighted by Crippen LogP contribution is 2.39. The van der Waals surface area contributed by atoms with Crippen LogP contribution in [0.3, 0.4) is 0 Å². The summed E-state index contributed by atoms with van der Waals surface area (Å²) in [7, 11) is 0. The standard InChI is InChI=1S/C23H25ClN4OS/c1-15-8-7-9-17(14-15)25-22(29)16(2)30-23-27-26-21(19-12-5-6-13-20(19)24)28(23)18-10-3-4-11-18/h5-9,12-14,16,18H,3-4,10-11H2,1-2H3,(H,25,29). The smallest absolute Gasteiger partial charge is 0.237 e. The van der Waals surface area contributed by atoms with Crippen molar-refractivity contribution in [3.63, 3.8) is 0 Å². The minimum Gasteiger partial charge on any atom is -0.325 e. The lowest BCUT2D eigenvalue weighted by Crippen LogP contribution is -2.23. The van der Waals surface area contributed by atoms with Crippen molar-refractivity contribution in [1.82, 2.24) is 14.8 Å². The van der Waals surface area contributed by atoms with Crippen LogP contribution < -0.4 is 5.32 Å². The molecule has 4 rings (SSSR count). The van der Waals surface area contributed by atoms with Gasteiger partial charge in [0.25, 0.3) is 0 Å². The first kappa shape index (κ1) is 20.9. The van der Waals surface area contributed by atoms with Crippen molar-refractivity contribution in [3.8, 4) is 11.4 Å². The molecule has 0 saturated heterocycles. The number of hydrogen-bond acceptors (Lipinski definition) is 4. The summed E-state index contributed by atoms with van der Waals surface area (Å²) >= 11 is 7.90. The van der Waals surface area contributed by atoms with Crippen LogP contribution in [0.15, 0.2) is 53.7 Å². The van der Waals surface area contributed by atoms with Crippen molar-refractivity contribution >= 4 is 35.0 Å². The molecule has 1 amide bonds. The van der Waals surface area contributed by atoms with E-state index in [1.54, 1.807) is 0 Å². The largest absolute Gasteiger partial charge is 0.325 e. The Labute approximate surface area is 186 Å². The first-order valence-electron chi connectivity index (χ1n) is 10.3. The first-order valence-corrected chi connectivity index (χ1v) is 11.5. The second-order valence-corrected chi connectivity index (χ2v) is 9.43. The Morgan fingerprint density at radius 3 is 2.67 bits per heavy atom. The van der Waals surface area contributed by atoms with Crippen LogP contribution in [0.5, 0.6) is 0 Å². The molecule has 156 valence electrons. The fraction of sp³-hybridized carbons (Fsp3) is 0.348. The van der Waals surface area contributed by atoms with E-state index in [1.807, 2.05) is 62.4 Å². The van der Waals surface area contributed by atoms with Gasteiger partial charge < -0.3 is 5.32 Å². The Hall–Kier alpha value is -2.31. The van der Waals surface area contributed by atoms with Crippen LogP contribution in [0.2, 0.25) is 5.02 Å². The Kier molecular flexibility index (Phi) is 6.44. The van der Waals surface area contributed by atoms with Gasteiger partial charge in [0.05, 0.1) is 10.3 Å². The van der Waals surface area contributed by atoms with Gasteiger partial charge >= 0.3 is 0 Å². The average molecular weight is 441 g/mol. The lowest BCUT2D eigenvalue weighted by molar-refractivity contribution is -0.115. The molecule has 0 spiro atoms. The molecular weight excluding hydrogens is 416 g/mol. The van der Waals surface area contributed by atoms with Crippen molar-refractivity contribution in [2.75, 3.05) is 5.32 Å². The summed E-state index contributed by atoms with van der Waals surface area (Å²) in [5.41, 5.74) is 2.79. The molecule has 1 aliphatic rings. The van der Waals surface area contributed by atoms with Gasteiger partial charge in [-0.3, -0.25) is 9.36 Å². The maximum atomic E-state index is 12.8. The van der Waals surface area contributed by atoms with Gasteiger partial charge in [0.1, 0.15) is 0 Å². The third-order valence-electron chi connectivity index (χ3n) is 5.41. The highest BCUT2D eigenvalue weighted by molar-refractivity contribution is 8.00. The van der Waals surface area contributed by atoms with Gasteiger partial charge in [-0.05, 0) is 56.5 Å². The Morgan fingerprint density at radius 2 is 1.93 bits per heavy atom. The molecule has 1 aliphatic carbocycles. The van der Waals surface area contributed by atoms with Crippen LogP contribution in [-0.4, -0.2) is 25.9 Å². The molecule has 1 aromatic heterocycles. The highest BCUT2D eigenvalue weighted by atomic mass is 35.5. The zero-order valence-electron chi connectivity index (χ0n) is 17.1. The highest BCUT2D eigenvalue weighted by Gasteiger charge is 2.28. The Bertz CT molecular complexity index is 1050. The minimum absolute atomic E-state index is 0.0501. The normalized spacial score (nSPS) is 15.3. The number of benzene rings is 2. The van der Waals surface area contributed by atoms with Gasteiger partial charge in [-0.1, -0.05) is 60.5 Å². The van der Waals surface area contributed by atoms with Crippen molar-refractivity contribution in [1.29, 1.82) is 0 Å². The molecule has 1 unspecified atom stereocenters. The third-order valence-corrected chi connectivity index (χ3v) is 6.79. The topological polar surface area (TPSA) is 59.8 Å². The van der Waals surface area contributed by atoms with Crippen molar-refractivity contribution < 1.29 is 4.79 Å². The van der Waals surface area contributed by atoms with Crippen molar-refractivity contribution in [2.45, 2.75) is 56.0 Å². The van der Waals surface area contributed by atoms with E-state index >= 15 is 0 Å². The summed E-state index contributed by atoms with van der Waals surface area (Å²) in [5, 5.41) is 13.1. The summed E-state index contributed by atoms with van der Waals surface area (Å²) < 4.78 is 2.19. The van der Waals surface area contributed by atoms with E-state index in [4.69, 9.17) is 11.6 Å². The summed E-state index contributed by atoms with van der Waals surface area (Å²) in [5.74, 6) is 0.729. The number of nitrogens with zero attached hydrogens (tertiary/aromatic N) is 3. The van der Waals surface area contributed by atoms with Crippen molar-refractivity contribution in [2.24, 2.45) is 0 Å². The fourth-order valence-electron chi connectivity index (χ4n) is 3.85. The zero-order chi connectivity index (χ0) is 21.1. The monoisotopic (exact) mass is 440 g/mol. The predicted molar refractivity (Wildman–Crippen MR) is 123 cm³/mol. The summed E-state index contributed by atoms with van der Waals surface area (Å²) in [6.07, 6.45) is 4.57. The van der Waals surface area contributed by atoms with Crippen LogP contribution in [-0.2, 0) is 4.79 Å². The molecule has 5 nitrogen and oxygen atoms in total. The number of aromatic nitrogens is 3. The number of rotatable bonds is 6. The number of carbonyl (C=O) groups excluding carboxylic acids is 1. The van der Waals surface area contributed by atoms with E-state index in [9.17, 15) is 4.79 Å². The second-order valence-electron chi connectivity index (χ2n) is 7.71. The molecule has 30 heavy (non-hydrogen) atoms. The lowest BCUT2D eigenvalue weighted by atomic mass is 10.2. The molecule has 0 radical (unpaired) electrons. The van der Waals surface area contributed by atoms with E-state index in [0.717, 1.165) is 40.6 Å². The molecule has 1 N–H and O–H groups in total. The van der Waals surface area contributed by atoms with E-state index in [2.05, 4.69) is 20.1 Å². The quantitative estimate of drug-likeness (QED) is 0.467. The summed E-state index contributed by atoms with van der Waals surface area (Å²) in [6, 6.07) is 15.9. The van der Waals surface area contributed by atoms with E-state index < -0.39 is 0 Å². The lowest BCUT2D eigenvalue weighted by Gasteiger charge is -2.19. The zero-order valence-corrected chi connectivity index (χ0v) is 18.7. The Morgan fingerprint density at radius 1 is 1.17 bits per heavy atom. The molecule has 1 atom stereocenters. The van der Waals surface area contributed by atoms with Crippen LogP contribution in [0, 0.1) is 6.92 Å². The van der Waals surface area contributed by atoms with Gasteiger partial charge in [-0.2, -0.15) is 0 Å². The number of halogens is 1. The number of carbonyl (C=O) groups is 1. The number of nitrogens with one attached hydrogen (secondary N) is 1. The molecular formula is C23H25ClN4OS. The van der Waals surface area contributed by atoms with Crippen LogP contribution in [0.1, 0.15) is 44.2 Å². The second kappa shape index (κ2) is 9.23. The first-order chi connectivity index (χ1) is 14.5. The Balaban J connectivity index is 1.59. The molecule has 2 aromatic carbocycles. The maximum absolute atomic E-state index is 12.8. The number of aryl methyl sites for hydroxylation is 1. The van der Waals surface area contributed by atoms with Gasteiger partial charge in [-0.15, -0.1) is 10.2 Å². The van der Waals surface area contributed by atoms with Crippen molar-refractivity contribution in [3.05, 3.63) is 59.1 Å². The van der Waals surface area contributed by atoms with Gasteiger partial charge in [-0.25, -0.2) is 0 Å². The SMILES string of the molecule is Cc1cccc(NC(=O)C(C)Sc2nnc(-c3ccccc3Cl)n2C2CCCC2)c1. The van der Waals surface area contributed by atoms with Gasteiger partial charge in [0.2, 0.25) is 5.91 Å². The van der Waals surface area contributed by atoms with Gasteiger partial charge in [0.15, 0.2) is 11.0 Å². The maximum Gasteiger partial charge on any atom is 0.237 e. The summed E-state index contributed by atoms with van der Waals surface area (Å²) in [4.78, 5) is 12.8. The van der Waals surface area contributed by atoms with E-state index in [-0.39, 0.29) is 11.2 Å². The molecule has 1 heterocycles. The van der Waals surface area contributed by atoms with Crippen LogP contribution >= 0.6 is 23.4 Å². The molecule has 0 bridgehead atoms. The molecule has 1 fully saturated rings. The molecule has 3 aromatic rings. The summed E-state index contributed by atoms with van der Waals surface area (Å²) in [6.45, 7) is 3.91. The third kappa shape index (κ3) is 4.55. The molecule has 0 aliphatic heterocycles. The molecule has 7 heteroatoms. The number of thioether (sulfide) groups is 1. The van der Waals surface area contributed by atoms with Crippen LogP contribution in [0.25, 0.3) is 11.4 Å². The minimum atomic E-state index is -0.311. The van der Waals surface area contributed by atoms with E-state index in [1.165, 1.54) is 24.6 Å². The predicted octanol–water partition coefficient (Wildman–Crippen LogP) is 6.14. The number of amides is 1. The number of hydrogen-bond donors (Lipinski definition) is 1. The fourth-order valence-corrected chi connectivity index (χ4v) is 4.99. The van der Waals surface area contributed by atoms with E-state index in [0.29, 0.717) is 11.1 Å². The molecule has 1 saturated carbocycles. The van der Waals surface area contributed by atoms with Crippen LogP contribution in [0.4, 0.5) is 5.69 Å². The van der Waals surface area contributed by atoms with Gasteiger partial charge in [0, 0.05) is 17.3 Å². The number of anilines is 1.